The van der Waals surface area contributed by atoms with E-state index in [1.165, 1.54) is 17.4 Å². The lowest BCUT2D eigenvalue weighted by atomic mass is 10.3. The molecule has 1 heterocycles. The van der Waals surface area contributed by atoms with Crippen LogP contribution in [0.4, 0.5) is 4.39 Å². The number of nitrogens with one attached hydrogen (secondary N) is 3. The molecule has 0 aliphatic carbocycles. The number of rotatable bonds is 9. The minimum Gasteiger partial charge on any atom is -0.486 e. The predicted octanol–water partition coefficient (Wildman–Crippen LogP) is 2.64. The second kappa shape index (κ2) is 11.2. The van der Waals surface area contributed by atoms with Crippen molar-refractivity contribution < 1.29 is 13.9 Å². The molecule has 0 saturated heterocycles. The number of guanidine groups is 1. The summed E-state index contributed by atoms with van der Waals surface area (Å²) in [6, 6.07) is 9.98. The lowest BCUT2D eigenvalue weighted by Crippen LogP contribution is -2.42. The van der Waals surface area contributed by atoms with Crippen molar-refractivity contribution in [3.63, 3.8) is 0 Å². The normalized spacial score (nSPS) is 12.3. The molecule has 0 bridgehead atoms. The monoisotopic (exact) mass is 392 g/mol. The Bertz CT molecular complexity index is 737. The smallest absolute Gasteiger partial charge is 0.261 e. The number of hydrogen-bond donors (Lipinski definition) is 3. The standard InChI is InChI=1S/C19H25FN4O2S/c1-14(26-16-8-4-3-7-15(16)20)13-24-19(21-2)23-11-6-10-22-18(25)17-9-5-12-27-17/h3-5,7-9,12,14H,6,10-11,13H2,1-2H3,(H,22,25)(H2,21,23,24). The number of carbonyl (C=O) groups is 1. The summed E-state index contributed by atoms with van der Waals surface area (Å²) in [5.41, 5.74) is 0. The first-order valence-electron chi connectivity index (χ1n) is 8.77. The van der Waals surface area contributed by atoms with Crippen LogP contribution in [-0.2, 0) is 0 Å². The van der Waals surface area contributed by atoms with Crippen molar-refractivity contribution in [1.29, 1.82) is 0 Å². The van der Waals surface area contributed by atoms with Gasteiger partial charge in [-0.15, -0.1) is 11.3 Å². The minimum atomic E-state index is -0.378. The van der Waals surface area contributed by atoms with Crippen molar-refractivity contribution in [3.05, 3.63) is 52.5 Å². The highest BCUT2D eigenvalue weighted by atomic mass is 32.1. The Hall–Kier alpha value is -2.61. The van der Waals surface area contributed by atoms with Crippen molar-refractivity contribution in [2.75, 3.05) is 26.7 Å². The van der Waals surface area contributed by atoms with E-state index in [-0.39, 0.29) is 23.6 Å². The van der Waals surface area contributed by atoms with Crippen LogP contribution in [0, 0.1) is 5.82 Å². The van der Waals surface area contributed by atoms with Gasteiger partial charge in [-0.05, 0) is 36.9 Å². The van der Waals surface area contributed by atoms with Gasteiger partial charge >= 0.3 is 0 Å². The highest BCUT2D eigenvalue weighted by Gasteiger charge is 2.09. The van der Waals surface area contributed by atoms with Crippen molar-refractivity contribution in [2.24, 2.45) is 4.99 Å². The zero-order chi connectivity index (χ0) is 19.5. The van der Waals surface area contributed by atoms with Crippen molar-refractivity contribution in [2.45, 2.75) is 19.4 Å². The van der Waals surface area contributed by atoms with Gasteiger partial charge in [0.2, 0.25) is 0 Å². The molecule has 0 saturated carbocycles. The van der Waals surface area contributed by atoms with Crippen LogP contribution in [0.25, 0.3) is 0 Å². The fourth-order valence-electron chi connectivity index (χ4n) is 2.25. The Kier molecular flexibility index (Phi) is 8.57. The van der Waals surface area contributed by atoms with Crippen LogP contribution in [0.15, 0.2) is 46.8 Å². The van der Waals surface area contributed by atoms with Gasteiger partial charge in [0.25, 0.3) is 5.91 Å². The third-order valence-electron chi connectivity index (χ3n) is 3.62. The van der Waals surface area contributed by atoms with Gasteiger partial charge in [-0.1, -0.05) is 18.2 Å². The van der Waals surface area contributed by atoms with Crippen molar-refractivity contribution >= 4 is 23.2 Å². The van der Waals surface area contributed by atoms with E-state index in [0.29, 0.717) is 30.5 Å². The minimum absolute atomic E-state index is 0.0494. The summed E-state index contributed by atoms with van der Waals surface area (Å²) >= 11 is 1.42. The van der Waals surface area contributed by atoms with E-state index in [0.717, 1.165) is 6.42 Å². The molecule has 1 atom stereocenters. The lowest BCUT2D eigenvalue weighted by Gasteiger charge is -2.18. The van der Waals surface area contributed by atoms with Gasteiger partial charge in [0.15, 0.2) is 17.5 Å². The quantitative estimate of drug-likeness (QED) is 0.348. The summed E-state index contributed by atoms with van der Waals surface area (Å²) in [5.74, 6) is 0.433. The number of para-hydroxylation sites is 1. The molecule has 1 amide bonds. The van der Waals surface area contributed by atoms with Crippen LogP contribution >= 0.6 is 11.3 Å². The molecule has 0 spiro atoms. The number of carbonyl (C=O) groups excluding carboxylic acids is 1. The molecular formula is C19H25FN4O2S. The fourth-order valence-corrected chi connectivity index (χ4v) is 2.89. The van der Waals surface area contributed by atoms with Crippen LogP contribution < -0.4 is 20.7 Å². The molecule has 6 nitrogen and oxygen atoms in total. The molecule has 1 aromatic heterocycles. The van der Waals surface area contributed by atoms with Crippen LogP contribution in [-0.4, -0.2) is 44.7 Å². The average Bonchev–Trinajstić information content (AvgIpc) is 3.20. The Morgan fingerprint density at radius 1 is 1.19 bits per heavy atom. The topological polar surface area (TPSA) is 74.8 Å². The molecule has 146 valence electrons. The van der Waals surface area contributed by atoms with Gasteiger partial charge in [-0.25, -0.2) is 4.39 Å². The maximum absolute atomic E-state index is 13.6. The second-order valence-electron chi connectivity index (χ2n) is 5.83. The molecule has 1 aromatic carbocycles. The van der Waals surface area contributed by atoms with Crippen LogP contribution in [0.2, 0.25) is 0 Å². The Balaban J connectivity index is 1.61. The van der Waals surface area contributed by atoms with E-state index in [4.69, 9.17) is 4.74 Å². The molecule has 2 rings (SSSR count). The molecule has 1 unspecified atom stereocenters. The van der Waals surface area contributed by atoms with Gasteiger partial charge in [0.1, 0.15) is 6.10 Å². The Morgan fingerprint density at radius 3 is 2.67 bits per heavy atom. The number of nitrogens with zero attached hydrogens (tertiary/aromatic N) is 1. The number of thiophene rings is 1. The Morgan fingerprint density at radius 2 is 1.96 bits per heavy atom. The summed E-state index contributed by atoms with van der Waals surface area (Å²) in [7, 11) is 1.68. The van der Waals surface area contributed by atoms with Crippen LogP contribution in [0.1, 0.15) is 23.0 Å². The molecule has 0 fully saturated rings. The van der Waals surface area contributed by atoms with Gasteiger partial charge < -0.3 is 20.7 Å². The Labute approximate surface area is 162 Å². The van der Waals surface area contributed by atoms with Crippen molar-refractivity contribution in [3.8, 4) is 5.75 Å². The first kappa shape index (κ1) is 20.7. The van der Waals surface area contributed by atoms with Gasteiger partial charge in [-0.3, -0.25) is 9.79 Å². The number of ether oxygens (including phenoxy) is 1. The highest BCUT2D eigenvalue weighted by Crippen LogP contribution is 2.16. The number of aliphatic imine (C=N–C) groups is 1. The zero-order valence-corrected chi connectivity index (χ0v) is 16.3. The van der Waals surface area contributed by atoms with E-state index in [9.17, 15) is 9.18 Å². The summed E-state index contributed by atoms with van der Waals surface area (Å²) in [6.45, 7) is 3.57. The first-order chi connectivity index (χ1) is 13.1. The number of amides is 1. The molecular weight excluding hydrogens is 367 g/mol. The molecule has 8 heteroatoms. The first-order valence-corrected chi connectivity index (χ1v) is 9.65. The number of halogens is 1. The summed E-state index contributed by atoms with van der Waals surface area (Å²) in [6.07, 6.45) is 0.532. The van der Waals surface area contributed by atoms with Crippen molar-refractivity contribution in [1.82, 2.24) is 16.0 Å². The maximum Gasteiger partial charge on any atom is 0.261 e. The largest absolute Gasteiger partial charge is 0.486 e. The maximum atomic E-state index is 13.6. The van der Waals surface area contributed by atoms with Gasteiger partial charge in [0, 0.05) is 20.1 Å². The summed E-state index contributed by atoms with van der Waals surface area (Å²) < 4.78 is 19.2. The molecule has 27 heavy (non-hydrogen) atoms. The third-order valence-corrected chi connectivity index (χ3v) is 4.49. The second-order valence-corrected chi connectivity index (χ2v) is 6.77. The SMILES string of the molecule is CN=C(NCCCNC(=O)c1cccs1)NCC(C)Oc1ccccc1F. The zero-order valence-electron chi connectivity index (χ0n) is 15.5. The molecule has 0 aliphatic heterocycles. The van der Waals surface area contributed by atoms with E-state index in [1.807, 2.05) is 18.4 Å². The lowest BCUT2D eigenvalue weighted by molar-refractivity contribution is 0.0957. The predicted molar refractivity (Wildman–Crippen MR) is 107 cm³/mol. The molecule has 3 N–H and O–H groups in total. The van der Waals surface area contributed by atoms with Gasteiger partial charge in [0.05, 0.1) is 11.4 Å². The van der Waals surface area contributed by atoms with E-state index < -0.39 is 0 Å². The average molecular weight is 393 g/mol. The highest BCUT2D eigenvalue weighted by molar-refractivity contribution is 7.12. The number of benzene rings is 1. The van der Waals surface area contributed by atoms with E-state index in [1.54, 1.807) is 31.3 Å². The van der Waals surface area contributed by atoms with E-state index >= 15 is 0 Å². The van der Waals surface area contributed by atoms with Crippen LogP contribution in [0.3, 0.4) is 0 Å². The summed E-state index contributed by atoms with van der Waals surface area (Å²) in [5, 5.41) is 11.1. The summed E-state index contributed by atoms with van der Waals surface area (Å²) in [4.78, 5) is 16.7. The molecule has 2 aromatic rings. The van der Waals surface area contributed by atoms with Crippen LogP contribution in [0.5, 0.6) is 5.75 Å². The number of hydrogen-bond acceptors (Lipinski definition) is 4. The fraction of sp³-hybridized carbons (Fsp3) is 0.368. The third kappa shape index (κ3) is 7.26. The van der Waals surface area contributed by atoms with Gasteiger partial charge in [-0.2, -0.15) is 0 Å². The molecule has 0 aliphatic rings. The molecule has 0 radical (unpaired) electrons. The van der Waals surface area contributed by atoms with E-state index in [2.05, 4.69) is 20.9 Å².